The average Bonchev–Trinajstić information content (AvgIpc) is 3.35. The van der Waals surface area contributed by atoms with E-state index in [0.29, 0.717) is 6.42 Å². The van der Waals surface area contributed by atoms with Crippen LogP contribution in [0.1, 0.15) is 35.1 Å². The molecule has 4 heteroatoms. The minimum absolute atomic E-state index is 0.0166. The van der Waals surface area contributed by atoms with Crippen LogP contribution in [-0.2, 0) is 11.2 Å². The summed E-state index contributed by atoms with van der Waals surface area (Å²) in [5.41, 5.74) is 3.30. The van der Waals surface area contributed by atoms with Gasteiger partial charge in [0.2, 0.25) is 5.91 Å². The molecule has 2 N–H and O–H groups in total. The number of hydrogen-bond donors (Lipinski definition) is 2. The lowest BCUT2D eigenvalue weighted by atomic mass is 10.1. The van der Waals surface area contributed by atoms with Gasteiger partial charge in [0, 0.05) is 12.3 Å². The van der Waals surface area contributed by atoms with E-state index in [1.54, 1.807) is 7.11 Å². The van der Waals surface area contributed by atoms with E-state index in [0.717, 1.165) is 28.9 Å². The first-order valence-corrected chi connectivity index (χ1v) is 8.37. The van der Waals surface area contributed by atoms with Crippen molar-refractivity contribution in [2.24, 2.45) is 5.92 Å². The third-order valence-electron chi connectivity index (χ3n) is 5.15. The smallest absolute Gasteiger partial charge is 0.224 e. The monoisotopic (exact) mass is 323 g/mol. The van der Waals surface area contributed by atoms with Crippen molar-refractivity contribution in [1.29, 1.82) is 0 Å². The molecule has 4 rings (SSSR count). The van der Waals surface area contributed by atoms with E-state index in [1.807, 2.05) is 48.5 Å². The second kappa shape index (κ2) is 5.95. The molecule has 0 spiro atoms. The fraction of sp³-hybridized carbons (Fsp3) is 0.350. The minimum atomic E-state index is -0.541. The molecule has 2 aliphatic rings. The minimum Gasteiger partial charge on any atom is -0.497 e. The summed E-state index contributed by atoms with van der Waals surface area (Å²) in [5.74, 6) is 1.08. The Morgan fingerprint density at radius 1 is 1.21 bits per heavy atom. The van der Waals surface area contributed by atoms with Crippen molar-refractivity contribution < 1.29 is 14.6 Å². The number of aliphatic hydroxyl groups excluding tert-OH is 1. The van der Waals surface area contributed by atoms with Crippen LogP contribution in [0.4, 0.5) is 0 Å². The highest BCUT2D eigenvalue weighted by Crippen LogP contribution is 2.48. The van der Waals surface area contributed by atoms with Gasteiger partial charge in [-0.1, -0.05) is 36.4 Å². The lowest BCUT2D eigenvalue weighted by Gasteiger charge is -2.18. The lowest BCUT2D eigenvalue weighted by molar-refractivity contribution is -0.123. The van der Waals surface area contributed by atoms with Crippen molar-refractivity contribution in [3.05, 3.63) is 65.2 Å². The Kier molecular flexibility index (Phi) is 3.77. The van der Waals surface area contributed by atoms with Crippen molar-refractivity contribution in [3.8, 4) is 5.75 Å². The quantitative estimate of drug-likeness (QED) is 0.909. The molecule has 0 aliphatic heterocycles. The molecule has 1 fully saturated rings. The summed E-state index contributed by atoms with van der Waals surface area (Å²) in [4.78, 5) is 12.6. The van der Waals surface area contributed by atoms with Crippen LogP contribution in [0.5, 0.6) is 5.75 Å². The summed E-state index contributed by atoms with van der Waals surface area (Å²) in [6, 6.07) is 15.5. The van der Waals surface area contributed by atoms with Gasteiger partial charge in [-0.2, -0.15) is 0 Å². The molecule has 0 saturated heterocycles. The van der Waals surface area contributed by atoms with Gasteiger partial charge in [0.15, 0.2) is 0 Å². The molecule has 0 radical (unpaired) electrons. The fourth-order valence-electron chi connectivity index (χ4n) is 3.73. The number of benzene rings is 2. The Bertz CT molecular complexity index is 773. The van der Waals surface area contributed by atoms with Crippen LogP contribution in [0.15, 0.2) is 48.5 Å². The first-order valence-electron chi connectivity index (χ1n) is 8.37. The molecular weight excluding hydrogens is 302 g/mol. The highest BCUT2D eigenvalue weighted by Gasteiger charge is 2.45. The summed E-state index contributed by atoms with van der Waals surface area (Å²) in [7, 11) is 1.65. The largest absolute Gasteiger partial charge is 0.497 e. The predicted octanol–water partition coefficient (Wildman–Crippen LogP) is 2.57. The second-order valence-corrected chi connectivity index (χ2v) is 6.68. The average molecular weight is 323 g/mol. The van der Waals surface area contributed by atoms with Gasteiger partial charge in [-0.3, -0.25) is 4.79 Å². The van der Waals surface area contributed by atoms with Crippen LogP contribution in [0.3, 0.4) is 0 Å². The number of carbonyl (C=O) groups excluding carboxylic acids is 1. The SMILES string of the molecule is COc1cccc(C2CC2C(=O)N[C@@H]2c3ccccc3C[C@@H]2O)c1. The molecule has 2 aromatic carbocycles. The highest BCUT2D eigenvalue weighted by atomic mass is 16.5. The van der Waals surface area contributed by atoms with E-state index in [4.69, 9.17) is 4.74 Å². The fourth-order valence-corrected chi connectivity index (χ4v) is 3.73. The maximum atomic E-state index is 12.6. The number of amides is 1. The van der Waals surface area contributed by atoms with Gasteiger partial charge in [0.1, 0.15) is 5.75 Å². The number of rotatable bonds is 4. The molecule has 24 heavy (non-hydrogen) atoms. The Morgan fingerprint density at radius 2 is 2.04 bits per heavy atom. The van der Waals surface area contributed by atoms with Crippen molar-refractivity contribution in [2.75, 3.05) is 7.11 Å². The number of carbonyl (C=O) groups is 1. The van der Waals surface area contributed by atoms with Crippen LogP contribution in [0, 0.1) is 5.92 Å². The number of methoxy groups -OCH3 is 1. The molecule has 4 atom stereocenters. The second-order valence-electron chi connectivity index (χ2n) is 6.68. The number of ether oxygens (including phenoxy) is 1. The van der Waals surface area contributed by atoms with E-state index < -0.39 is 6.10 Å². The molecular formula is C20H21NO3. The first kappa shape index (κ1) is 15.2. The number of hydrogen-bond acceptors (Lipinski definition) is 3. The van der Waals surface area contributed by atoms with Gasteiger partial charge >= 0.3 is 0 Å². The summed E-state index contributed by atoms with van der Waals surface area (Å²) < 4.78 is 5.26. The van der Waals surface area contributed by atoms with E-state index >= 15 is 0 Å². The molecule has 0 aromatic heterocycles. The third kappa shape index (κ3) is 2.67. The third-order valence-corrected chi connectivity index (χ3v) is 5.15. The van der Waals surface area contributed by atoms with Crippen LogP contribution in [-0.4, -0.2) is 24.2 Å². The van der Waals surface area contributed by atoms with Crippen molar-refractivity contribution in [2.45, 2.75) is 30.9 Å². The molecule has 2 aromatic rings. The Balaban J connectivity index is 1.45. The summed E-state index contributed by atoms with van der Waals surface area (Å²) >= 11 is 0. The Morgan fingerprint density at radius 3 is 2.88 bits per heavy atom. The summed E-state index contributed by atoms with van der Waals surface area (Å²) in [6.07, 6.45) is 0.912. The van der Waals surface area contributed by atoms with Gasteiger partial charge < -0.3 is 15.2 Å². The molecule has 124 valence electrons. The van der Waals surface area contributed by atoms with Gasteiger partial charge in [0.05, 0.1) is 19.3 Å². The zero-order valence-corrected chi connectivity index (χ0v) is 13.6. The van der Waals surface area contributed by atoms with Crippen LogP contribution >= 0.6 is 0 Å². The number of aliphatic hydroxyl groups is 1. The van der Waals surface area contributed by atoms with Crippen molar-refractivity contribution in [1.82, 2.24) is 5.32 Å². The molecule has 2 unspecified atom stereocenters. The summed E-state index contributed by atoms with van der Waals surface area (Å²) in [6.45, 7) is 0. The molecule has 1 amide bonds. The Labute approximate surface area is 141 Å². The van der Waals surface area contributed by atoms with E-state index in [9.17, 15) is 9.90 Å². The van der Waals surface area contributed by atoms with Crippen molar-refractivity contribution >= 4 is 5.91 Å². The molecule has 0 bridgehead atoms. The van der Waals surface area contributed by atoms with E-state index in [-0.39, 0.29) is 23.8 Å². The van der Waals surface area contributed by atoms with Gasteiger partial charge in [-0.15, -0.1) is 0 Å². The number of nitrogens with one attached hydrogen (secondary N) is 1. The van der Waals surface area contributed by atoms with E-state index in [2.05, 4.69) is 5.32 Å². The van der Waals surface area contributed by atoms with Gasteiger partial charge in [-0.25, -0.2) is 0 Å². The molecule has 1 saturated carbocycles. The van der Waals surface area contributed by atoms with E-state index in [1.165, 1.54) is 0 Å². The number of fused-ring (bicyclic) bond motifs is 1. The molecule has 2 aliphatic carbocycles. The topological polar surface area (TPSA) is 58.6 Å². The standard InChI is InChI=1S/C20H21NO3/c1-24-14-7-4-6-12(9-14)16-11-17(16)20(23)21-19-15-8-3-2-5-13(15)10-18(19)22/h2-9,16-19,22H,10-11H2,1H3,(H,21,23)/t16?,17?,18-,19+/m0/s1. The highest BCUT2D eigenvalue weighted by molar-refractivity contribution is 5.83. The van der Waals surface area contributed by atoms with Gasteiger partial charge in [-0.05, 0) is 41.2 Å². The lowest BCUT2D eigenvalue weighted by Crippen LogP contribution is -2.35. The molecule has 4 nitrogen and oxygen atoms in total. The normalized spacial score (nSPS) is 27.4. The Hall–Kier alpha value is -2.33. The van der Waals surface area contributed by atoms with Crippen LogP contribution in [0.25, 0.3) is 0 Å². The maximum absolute atomic E-state index is 12.6. The maximum Gasteiger partial charge on any atom is 0.224 e. The predicted molar refractivity (Wildman–Crippen MR) is 90.9 cm³/mol. The molecule has 0 heterocycles. The summed E-state index contributed by atoms with van der Waals surface area (Å²) in [5, 5.41) is 13.3. The van der Waals surface area contributed by atoms with Crippen LogP contribution in [0.2, 0.25) is 0 Å². The van der Waals surface area contributed by atoms with Crippen molar-refractivity contribution in [3.63, 3.8) is 0 Å². The first-order chi connectivity index (χ1) is 11.7. The van der Waals surface area contributed by atoms with Gasteiger partial charge in [0.25, 0.3) is 0 Å². The zero-order valence-electron chi connectivity index (χ0n) is 13.6. The zero-order chi connectivity index (χ0) is 16.7. The van der Waals surface area contributed by atoms with Crippen LogP contribution < -0.4 is 10.1 Å².